The van der Waals surface area contributed by atoms with Crippen molar-refractivity contribution in [3.8, 4) is 11.3 Å². The molecule has 1 unspecified atom stereocenters. The fraction of sp³-hybridized carbons (Fsp3) is 0.300. The summed E-state index contributed by atoms with van der Waals surface area (Å²) < 4.78 is 2.73. The van der Waals surface area contributed by atoms with E-state index in [0.29, 0.717) is 6.54 Å². The molecule has 0 aliphatic carbocycles. The summed E-state index contributed by atoms with van der Waals surface area (Å²) in [4.78, 5) is 16.4. The second-order valence-electron chi connectivity index (χ2n) is 6.60. The lowest BCUT2D eigenvalue weighted by molar-refractivity contribution is -0.132. The van der Waals surface area contributed by atoms with Crippen molar-refractivity contribution >= 4 is 40.8 Å². The van der Waals surface area contributed by atoms with Crippen molar-refractivity contribution in [2.24, 2.45) is 0 Å². The summed E-state index contributed by atoms with van der Waals surface area (Å²) in [5.74, 6) is 0.156. The number of hydrogen-bond acceptors (Lipinski definition) is 4. The number of hydrogen-bond donors (Lipinski definition) is 0. The van der Waals surface area contributed by atoms with Gasteiger partial charge in [0, 0.05) is 16.8 Å². The molecule has 26 heavy (non-hydrogen) atoms. The minimum Gasteiger partial charge on any atom is -0.333 e. The van der Waals surface area contributed by atoms with Crippen LogP contribution < -0.4 is 0 Å². The van der Waals surface area contributed by atoms with E-state index in [1.54, 1.807) is 11.3 Å². The summed E-state index contributed by atoms with van der Waals surface area (Å²) in [6.45, 7) is 3.22. The van der Waals surface area contributed by atoms with E-state index < -0.39 is 0 Å². The van der Waals surface area contributed by atoms with Crippen molar-refractivity contribution < 1.29 is 4.79 Å². The molecule has 3 heterocycles. The Bertz CT molecular complexity index is 954. The van der Waals surface area contributed by atoms with E-state index in [2.05, 4.69) is 54.1 Å². The van der Waals surface area contributed by atoms with Crippen LogP contribution >= 0.6 is 34.9 Å². The van der Waals surface area contributed by atoms with Gasteiger partial charge in [0.25, 0.3) is 0 Å². The smallest absolute Gasteiger partial charge is 0.243 e. The summed E-state index contributed by atoms with van der Waals surface area (Å²) >= 11 is 8.77. The van der Waals surface area contributed by atoms with Crippen LogP contribution in [0.4, 0.5) is 0 Å². The molecular formula is C20H20N2OS3. The van der Waals surface area contributed by atoms with Crippen molar-refractivity contribution in [2.75, 3.05) is 6.54 Å². The molecule has 2 aromatic heterocycles. The lowest BCUT2D eigenvalue weighted by Crippen LogP contribution is -2.33. The third-order valence-electron chi connectivity index (χ3n) is 4.87. The highest BCUT2D eigenvalue weighted by molar-refractivity contribution is 7.73. The standard InChI is InChI=1S/C20H20N2OS3/c1-14-6-8-15(9-7-14)17-13-26-20(24)22(17)12-19(23)21-10-2-4-16(21)18-5-3-11-25-18/h3,5-9,11,13,16H,2,4,10,12H2,1H3. The number of likely N-dealkylation sites (tertiary alicyclic amines) is 1. The summed E-state index contributed by atoms with van der Waals surface area (Å²) in [5.41, 5.74) is 3.35. The predicted octanol–water partition coefficient (Wildman–Crippen LogP) is 5.68. The minimum absolute atomic E-state index is 0.156. The summed E-state index contributed by atoms with van der Waals surface area (Å²) in [6.07, 6.45) is 2.11. The molecule has 1 amide bonds. The van der Waals surface area contributed by atoms with Crippen LogP contribution in [0, 0.1) is 10.9 Å². The third-order valence-corrected chi connectivity index (χ3v) is 7.11. The van der Waals surface area contributed by atoms with Gasteiger partial charge in [-0.05, 0) is 49.0 Å². The maximum Gasteiger partial charge on any atom is 0.243 e. The Morgan fingerprint density at radius 1 is 1.23 bits per heavy atom. The fourth-order valence-corrected chi connectivity index (χ4v) is 5.44. The number of thiazole rings is 1. The Morgan fingerprint density at radius 2 is 2.04 bits per heavy atom. The van der Waals surface area contributed by atoms with Gasteiger partial charge in [-0.2, -0.15) is 0 Å². The Morgan fingerprint density at radius 3 is 2.77 bits per heavy atom. The zero-order chi connectivity index (χ0) is 18.1. The molecule has 0 spiro atoms. The largest absolute Gasteiger partial charge is 0.333 e. The van der Waals surface area contributed by atoms with E-state index in [1.807, 2.05) is 9.47 Å². The molecule has 6 heteroatoms. The van der Waals surface area contributed by atoms with E-state index in [-0.39, 0.29) is 11.9 Å². The van der Waals surface area contributed by atoms with Crippen LogP contribution in [0.2, 0.25) is 0 Å². The highest BCUT2D eigenvalue weighted by Gasteiger charge is 2.30. The topological polar surface area (TPSA) is 25.2 Å². The SMILES string of the molecule is Cc1ccc(-c2csc(=S)n2CC(=O)N2CCCC2c2cccs2)cc1. The molecule has 1 aromatic carbocycles. The van der Waals surface area contributed by atoms with Crippen molar-refractivity contribution in [1.29, 1.82) is 0 Å². The minimum atomic E-state index is 0.156. The van der Waals surface area contributed by atoms with E-state index in [4.69, 9.17) is 12.2 Å². The zero-order valence-electron chi connectivity index (χ0n) is 14.6. The Kier molecular flexibility index (Phi) is 5.07. The number of thiophene rings is 1. The average Bonchev–Trinajstić information content (AvgIpc) is 3.37. The number of aromatic nitrogens is 1. The van der Waals surface area contributed by atoms with Gasteiger partial charge < -0.3 is 9.47 Å². The first-order valence-electron chi connectivity index (χ1n) is 8.72. The van der Waals surface area contributed by atoms with E-state index in [0.717, 1.165) is 34.6 Å². The monoisotopic (exact) mass is 400 g/mol. The van der Waals surface area contributed by atoms with Crippen molar-refractivity contribution in [2.45, 2.75) is 32.4 Å². The van der Waals surface area contributed by atoms with Crippen molar-refractivity contribution in [3.05, 3.63) is 61.6 Å². The zero-order valence-corrected chi connectivity index (χ0v) is 17.0. The quantitative estimate of drug-likeness (QED) is 0.527. The third kappa shape index (κ3) is 3.41. The molecule has 3 nitrogen and oxygen atoms in total. The Hall–Kier alpha value is -1.76. The second kappa shape index (κ2) is 7.47. The first-order chi connectivity index (χ1) is 12.6. The van der Waals surface area contributed by atoms with Gasteiger partial charge >= 0.3 is 0 Å². The van der Waals surface area contributed by atoms with Gasteiger partial charge in [0.1, 0.15) is 6.54 Å². The lowest BCUT2D eigenvalue weighted by Gasteiger charge is -2.24. The predicted molar refractivity (Wildman–Crippen MR) is 111 cm³/mol. The van der Waals surface area contributed by atoms with Crippen molar-refractivity contribution in [3.63, 3.8) is 0 Å². The van der Waals surface area contributed by atoms with Crippen LogP contribution in [0.25, 0.3) is 11.3 Å². The molecule has 1 aliphatic heterocycles. The maximum absolute atomic E-state index is 13.1. The highest BCUT2D eigenvalue weighted by atomic mass is 32.1. The summed E-state index contributed by atoms with van der Waals surface area (Å²) in [5, 5.41) is 4.14. The van der Waals surface area contributed by atoms with Crippen LogP contribution in [0.5, 0.6) is 0 Å². The van der Waals surface area contributed by atoms with Crippen LogP contribution in [0.1, 0.15) is 29.3 Å². The molecule has 134 valence electrons. The molecule has 4 rings (SSSR count). The molecule has 1 atom stereocenters. The molecule has 0 bridgehead atoms. The van der Waals surface area contributed by atoms with Gasteiger partial charge in [0.15, 0.2) is 3.95 Å². The summed E-state index contributed by atoms with van der Waals surface area (Å²) in [7, 11) is 0. The van der Waals surface area contributed by atoms with Crippen LogP contribution in [-0.2, 0) is 11.3 Å². The normalized spacial score (nSPS) is 17.0. The van der Waals surface area contributed by atoms with Crippen LogP contribution in [-0.4, -0.2) is 21.9 Å². The molecule has 0 radical (unpaired) electrons. The number of rotatable bonds is 4. The van der Waals surface area contributed by atoms with Gasteiger partial charge in [-0.1, -0.05) is 35.9 Å². The number of carbonyl (C=O) groups excluding carboxylic acids is 1. The maximum atomic E-state index is 13.1. The van der Waals surface area contributed by atoms with E-state index in [9.17, 15) is 4.79 Å². The molecular weight excluding hydrogens is 380 g/mol. The van der Waals surface area contributed by atoms with Crippen LogP contribution in [0.15, 0.2) is 47.2 Å². The number of aryl methyl sites for hydroxylation is 1. The average molecular weight is 401 g/mol. The van der Waals surface area contributed by atoms with Crippen LogP contribution in [0.3, 0.4) is 0 Å². The Labute approximate surface area is 166 Å². The number of benzene rings is 1. The van der Waals surface area contributed by atoms with Gasteiger partial charge in [-0.3, -0.25) is 4.79 Å². The molecule has 3 aromatic rings. The highest BCUT2D eigenvalue weighted by Crippen LogP contribution is 2.35. The number of nitrogens with zero attached hydrogens (tertiary/aromatic N) is 2. The fourth-order valence-electron chi connectivity index (χ4n) is 3.50. The van der Waals surface area contributed by atoms with Gasteiger partial charge in [0.2, 0.25) is 5.91 Å². The number of carbonyl (C=O) groups is 1. The first-order valence-corrected chi connectivity index (χ1v) is 10.9. The Balaban J connectivity index is 1.59. The molecule has 1 aliphatic rings. The van der Waals surface area contributed by atoms with E-state index >= 15 is 0 Å². The lowest BCUT2D eigenvalue weighted by atomic mass is 10.1. The van der Waals surface area contributed by atoms with Crippen molar-refractivity contribution in [1.82, 2.24) is 9.47 Å². The summed E-state index contributed by atoms with van der Waals surface area (Å²) in [6, 6.07) is 12.8. The second-order valence-corrected chi connectivity index (χ2v) is 9.08. The number of amides is 1. The molecule has 1 saturated heterocycles. The molecule has 0 saturated carbocycles. The molecule has 1 fully saturated rings. The first kappa shape index (κ1) is 17.6. The van der Waals surface area contributed by atoms with Gasteiger partial charge in [-0.25, -0.2) is 0 Å². The van der Waals surface area contributed by atoms with Gasteiger partial charge in [-0.15, -0.1) is 22.7 Å². The van der Waals surface area contributed by atoms with Gasteiger partial charge in [0.05, 0.1) is 11.7 Å². The molecule has 0 N–H and O–H groups in total. The van der Waals surface area contributed by atoms with E-state index in [1.165, 1.54) is 21.8 Å².